The van der Waals surface area contributed by atoms with Crippen LogP contribution in [-0.4, -0.2) is 29.9 Å². The van der Waals surface area contributed by atoms with Gasteiger partial charge in [0.25, 0.3) is 0 Å². The number of nitrogens with two attached hydrogens (primary N) is 1. The highest BCUT2D eigenvalue weighted by Gasteiger charge is 2.27. The molecule has 0 amide bonds. The predicted molar refractivity (Wildman–Crippen MR) is 79.1 cm³/mol. The lowest BCUT2D eigenvalue weighted by Gasteiger charge is -2.31. The first-order valence-corrected chi connectivity index (χ1v) is 7.41. The van der Waals surface area contributed by atoms with E-state index in [9.17, 15) is 0 Å². The minimum atomic E-state index is 0.415. The average Bonchev–Trinajstić information content (AvgIpc) is 3.24. The van der Waals surface area contributed by atoms with E-state index in [0.29, 0.717) is 12.0 Å². The number of aliphatic imine (C=N–C) groups is 1. The van der Waals surface area contributed by atoms with Crippen molar-refractivity contribution in [3.8, 4) is 0 Å². The smallest absolute Gasteiger partial charge is 0.0972 e. The van der Waals surface area contributed by atoms with E-state index in [1.165, 1.54) is 37.8 Å². The maximum atomic E-state index is 6.04. The minimum Gasteiger partial charge on any atom is -0.387 e. The molecule has 1 heterocycles. The summed E-state index contributed by atoms with van der Waals surface area (Å²) in [5.41, 5.74) is 7.43. The van der Waals surface area contributed by atoms with Gasteiger partial charge in [0.05, 0.1) is 11.9 Å². The maximum absolute atomic E-state index is 6.04. The molecule has 0 radical (unpaired) electrons. The Labute approximate surface area is 115 Å². The Morgan fingerprint density at radius 2 is 2.00 bits per heavy atom. The molecular formula is C16H23N3. The molecule has 0 spiro atoms. The van der Waals surface area contributed by atoms with Gasteiger partial charge in [-0.3, -0.25) is 9.89 Å². The molecule has 0 aromatic heterocycles. The van der Waals surface area contributed by atoms with E-state index in [4.69, 9.17) is 10.7 Å². The molecule has 1 unspecified atom stereocenters. The fourth-order valence-corrected chi connectivity index (χ4v) is 2.82. The Balaban J connectivity index is 1.57. The van der Waals surface area contributed by atoms with Crippen LogP contribution in [0.1, 0.15) is 31.2 Å². The molecule has 1 aromatic carbocycles. The molecule has 0 bridgehead atoms. The van der Waals surface area contributed by atoms with Gasteiger partial charge in [0.1, 0.15) is 0 Å². The first-order valence-electron chi connectivity index (χ1n) is 7.41. The van der Waals surface area contributed by atoms with Gasteiger partial charge in [-0.15, -0.1) is 0 Å². The van der Waals surface area contributed by atoms with Crippen LogP contribution in [0.25, 0.3) is 0 Å². The molecule has 3 heteroatoms. The van der Waals surface area contributed by atoms with Gasteiger partial charge in [-0.2, -0.15) is 0 Å². The molecule has 1 aliphatic heterocycles. The maximum Gasteiger partial charge on any atom is 0.0972 e. The third-order valence-electron chi connectivity index (χ3n) is 4.06. The molecule has 2 fully saturated rings. The minimum absolute atomic E-state index is 0.415. The molecule has 1 atom stereocenters. The topological polar surface area (TPSA) is 41.6 Å². The lowest BCUT2D eigenvalue weighted by molar-refractivity contribution is 0.202. The van der Waals surface area contributed by atoms with E-state index in [1.807, 2.05) is 0 Å². The Kier molecular flexibility index (Phi) is 3.83. The number of amidine groups is 1. The average molecular weight is 257 g/mol. The second-order valence-corrected chi connectivity index (χ2v) is 5.85. The van der Waals surface area contributed by atoms with E-state index in [1.54, 1.807) is 0 Å². The van der Waals surface area contributed by atoms with Gasteiger partial charge < -0.3 is 5.73 Å². The van der Waals surface area contributed by atoms with Crippen LogP contribution in [0.5, 0.6) is 0 Å². The summed E-state index contributed by atoms with van der Waals surface area (Å²) in [6.07, 6.45) is 4.92. The van der Waals surface area contributed by atoms with Crippen LogP contribution in [0.4, 0.5) is 0 Å². The Hall–Kier alpha value is -1.35. The summed E-state index contributed by atoms with van der Waals surface area (Å²) in [5.74, 6) is 1.51. The van der Waals surface area contributed by atoms with Crippen molar-refractivity contribution in [3.05, 3.63) is 35.9 Å². The van der Waals surface area contributed by atoms with Gasteiger partial charge in [-0.05, 0) is 37.8 Å². The highest BCUT2D eigenvalue weighted by atomic mass is 15.2. The van der Waals surface area contributed by atoms with Gasteiger partial charge >= 0.3 is 0 Å². The summed E-state index contributed by atoms with van der Waals surface area (Å²) in [6, 6.07) is 11.1. The molecule has 1 aliphatic carbocycles. The second-order valence-electron chi connectivity index (χ2n) is 5.85. The van der Waals surface area contributed by atoms with Crippen molar-refractivity contribution in [3.63, 3.8) is 0 Å². The zero-order valence-corrected chi connectivity index (χ0v) is 11.5. The van der Waals surface area contributed by atoms with Gasteiger partial charge in [0, 0.05) is 19.0 Å². The van der Waals surface area contributed by atoms with Crippen LogP contribution in [-0.2, 0) is 6.54 Å². The van der Waals surface area contributed by atoms with E-state index >= 15 is 0 Å². The number of hydrogen-bond acceptors (Lipinski definition) is 2. The normalized spacial score (nSPS) is 25.5. The van der Waals surface area contributed by atoms with Crippen LogP contribution >= 0.6 is 0 Å². The van der Waals surface area contributed by atoms with Crippen molar-refractivity contribution in [2.24, 2.45) is 16.6 Å². The number of hydrogen-bond donors (Lipinski definition) is 1. The molecule has 19 heavy (non-hydrogen) atoms. The van der Waals surface area contributed by atoms with Crippen molar-refractivity contribution < 1.29 is 0 Å². The number of benzene rings is 1. The number of nitrogens with zero attached hydrogens (tertiary/aromatic N) is 2. The summed E-state index contributed by atoms with van der Waals surface area (Å²) in [7, 11) is 0. The Bertz CT molecular complexity index is 437. The van der Waals surface area contributed by atoms with Crippen LogP contribution in [0, 0.1) is 5.92 Å². The Morgan fingerprint density at radius 1 is 1.21 bits per heavy atom. The van der Waals surface area contributed by atoms with Crippen LogP contribution < -0.4 is 5.73 Å². The molecule has 1 aromatic rings. The summed E-state index contributed by atoms with van der Waals surface area (Å²) < 4.78 is 0. The van der Waals surface area contributed by atoms with Crippen LogP contribution in [0.3, 0.4) is 0 Å². The summed E-state index contributed by atoms with van der Waals surface area (Å²) in [5, 5.41) is 0. The fourth-order valence-electron chi connectivity index (χ4n) is 2.82. The number of rotatable bonds is 4. The van der Waals surface area contributed by atoms with Crippen molar-refractivity contribution in [1.82, 2.24) is 4.90 Å². The first-order chi connectivity index (χ1) is 9.31. The van der Waals surface area contributed by atoms with E-state index in [2.05, 4.69) is 35.2 Å². The molecular weight excluding hydrogens is 234 g/mol. The molecule has 102 valence electrons. The molecule has 2 N–H and O–H groups in total. The molecule has 1 saturated carbocycles. The summed E-state index contributed by atoms with van der Waals surface area (Å²) in [4.78, 5) is 7.25. The van der Waals surface area contributed by atoms with Crippen molar-refractivity contribution in [2.75, 3.05) is 13.1 Å². The fraction of sp³-hybridized carbons (Fsp3) is 0.562. The zero-order chi connectivity index (χ0) is 13.1. The summed E-state index contributed by atoms with van der Waals surface area (Å²) >= 11 is 0. The lowest BCUT2D eigenvalue weighted by Crippen LogP contribution is -2.38. The largest absolute Gasteiger partial charge is 0.387 e. The van der Waals surface area contributed by atoms with E-state index in [0.717, 1.165) is 18.9 Å². The van der Waals surface area contributed by atoms with Gasteiger partial charge in [0.2, 0.25) is 0 Å². The van der Waals surface area contributed by atoms with E-state index < -0.39 is 0 Å². The Morgan fingerprint density at radius 3 is 2.74 bits per heavy atom. The van der Waals surface area contributed by atoms with Gasteiger partial charge in [0.15, 0.2) is 0 Å². The third-order valence-corrected chi connectivity index (χ3v) is 4.06. The standard InChI is InChI=1S/C16H23N3/c17-16(14-8-9-14)18-15-7-4-10-19(12-15)11-13-5-2-1-3-6-13/h1-3,5-6,14-15H,4,7-12H2,(H2,17,18). The molecule has 3 nitrogen and oxygen atoms in total. The van der Waals surface area contributed by atoms with E-state index in [-0.39, 0.29) is 0 Å². The molecule has 1 saturated heterocycles. The van der Waals surface area contributed by atoms with Gasteiger partial charge in [-0.25, -0.2) is 0 Å². The monoisotopic (exact) mass is 257 g/mol. The van der Waals surface area contributed by atoms with Crippen molar-refractivity contribution in [2.45, 2.75) is 38.3 Å². The third kappa shape index (κ3) is 3.57. The lowest BCUT2D eigenvalue weighted by atomic mass is 10.1. The highest BCUT2D eigenvalue weighted by molar-refractivity contribution is 5.85. The zero-order valence-electron chi connectivity index (χ0n) is 11.5. The predicted octanol–water partition coefficient (Wildman–Crippen LogP) is 2.42. The van der Waals surface area contributed by atoms with Crippen LogP contribution in [0.15, 0.2) is 35.3 Å². The number of piperidine rings is 1. The van der Waals surface area contributed by atoms with Crippen molar-refractivity contribution in [1.29, 1.82) is 0 Å². The first kappa shape index (κ1) is 12.7. The molecule has 3 rings (SSSR count). The quantitative estimate of drug-likeness (QED) is 0.665. The van der Waals surface area contributed by atoms with Gasteiger partial charge in [-0.1, -0.05) is 30.3 Å². The van der Waals surface area contributed by atoms with Crippen molar-refractivity contribution >= 4 is 5.84 Å². The summed E-state index contributed by atoms with van der Waals surface area (Å²) in [6.45, 7) is 3.28. The second kappa shape index (κ2) is 5.74. The molecule has 2 aliphatic rings. The SMILES string of the molecule is NC(=NC1CCCN(Cc2ccccc2)C1)C1CC1. The van der Waals surface area contributed by atoms with Crippen LogP contribution in [0.2, 0.25) is 0 Å². The highest BCUT2D eigenvalue weighted by Crippen LogP contribution is 2.29. The number of likely N-dealkylation sites (tertiary alicyclic amines) is 1.